The van der Waals surface area contributed by atoms with Crippen LogP contribution >= 0.6 is 11.6 Å². The van der Waals surface area contributed by atoms with Gasteiger partial charge in [0, 0.05) is 18.6 Å². The molecule has 104 valence electrons. The second-order valence-corrected chi connectivity index (χ2v) is 5.71. The molecule has 3 rings (SSSR count). The summed E-state index contributed by atoms with van der Waals surface area (Å²) in [4.78, 5) is 20.7. The van der Waals surface area contributed by atoms with Crippen LogP contribution in [-0.4, -0.2) is 35.1 Å². The Labute approximate surface area is 117 Å². The fourth-order valence-electron chi connectivity index (χ4n) is 3.25. The van der Waals surface area contributed by atoms with Crippen LogP contribution in [0.25, 0.3) is 0 Å². The zero-order chi connectivity index (χ0) is 13.2. The molecule has 2 unspecified atom stereocenters. The van der Waals surface area contributed by atoms with E-state index in [2.05, 4.69) is 20.2 Å². The molecule has 1 aromatic rings. The fraction of sp³-hybridized carbons (Fsp3) is 0.692. The van der Waals surface area contributed by atoms with Crippen LogP contribution in [0.5, 0.6) is 0 Å². The van der Waals surface area contributed by atoms with Gasteiger partial charge in [0.1, 0.15) is 5.02 Å². The molecule has 0 radical (unpaired) electrons. The lowest BCUT2D eigenvalue weighted by Crippen LogP contribution is -2.51. The predicted octanol–water partition coefficient (Wildman–Crippen LogP) is 1.53. The van der Waals surface area contributed by atoms with Gasteiger partial charge in [-0.25, -0.2) is 4.98 Å². The average Bonchev–Trinajstić information content (AvgIpc) is 2.96. The number of halogens is 1. The number of nitrogens with one attached hydrogen (secondary N) is 2. The summed E-state index contributed by atoms with van der Waals surface area (Å²) in [6.07, 6.45) is 7.38. The van der Waals surface area contributed by atoms with E-state index < -0.39 is 0 Å². The number of hydrogen-bond acceptors (Lipinski definition) is 4. The molecule has 3 heterocycles. The number of H-pyrrole nitrogens is 1. The van der Waals surface area contributed by atoms with Crippen molar-refractivity contribution in [3.05, 3.63) is 21.7 Å². The number of piperidine rings is 1. The maximum absolute atomic E-state index is 11.6. The van der Waals surface area contributed by atoms with Gasteiger partial charge in [-0.1, -0.05) is 11.6 Å². The number of hydrogen-bond donors (Lipinski definition) is 2. The van der Waals surface area contributed by atoms with E-state index in [-0.39, 0.29) is 10.6 Å². The second-order valence-electron chi connectivity index (χ2n) is 5.33. The fourth-order valence-corrected chi connectivity index (χ4v) is 3.46. The zero-order valence-electron chi connectivity index (χ0n) is 10.9. The normalized spacial score (nSPS) is 27.7. The number of aromatic amines is 1. The molecule has 6 heteroatoms. The lowest BCUT2D eigenvalue weighted by Gasteiger charge is -2.40. The maximum atomic E-state index is 11.6. The summed E-state index contributed by atoms with van der Waals surface area (Å²) < 4.78 is 0. The van der Waals surface area contributed by atoms with Crippen molar-refractivity contribution in [1.82, 2.24) is 15.3 Å². The van der Waals surface area contributed by atoms with Crippen LogP contribution in [-0.2, 0) is 0 Å². The highest BCUT2D eigenvalue weighted by Gasteiger charge is 2.33. The Hall–Kier alpha value is -1.07. The van der Waals surface area contributed by atoms with Crippen molar-refractivity contribution in [2.24, 2.45) is 0 Å². The third kappa shape index (κ3) is 2.49. The highest BCUT2D eigenvalue weighted by molar-refractivity contribution is 6.32. The number of aromatic nitrogens is 2. The van der Waals surface area contributed by atoms with Crippen LogP contribution in [0.15, 0.2) is 11.1 Å². The molecule has 2 fully saturated rings. The van der Waals surface area contributed by atoms with Crippen molar-refractivity contribution in [1.29, 1.82) is 0 Å². The number of rotatable bonds is 2. The summed E-state index contributed by atoms with van der Waals surface area (Å²) in [5.74, 6) is 0.642. The molecule has 2 aliphatic rings. The van der Waals surface area contributed by atoms with E-state index in [1.54, 1.807) is 0 Å². The van der Waals surface area contributed by atoms with Crippen molar-refractivity contribution < 1.29 is 0 Å². The smallest absolute Gasteiger partial charge is 0.271 e. The molecule has 5 nitrogen and oxygen atoms in total. The Bertz CT molecular complexity index is 498. The molecular weight excluding hydrogens is 264 g/mol. The van der Waals surface area contributed by atoms with Crippen molar-refractivity contribution in [3.63, 3.8) is 0 Å². The lowest BCUT2D eigenvalue weighted by atomic mass is 9.94. The van der Waals surface area contributed by atoms with E-state index in [4.69, 9.17) is 11.6 Å². The van der Waals surface area contributed by atoms with Gasteiger partial charge in [0.05, 0.1) is 6.33 Å². The van der Waals surface area contributed by atoms with Crippen molar-refractivity contribution >= 4 is 17.4 Å². The van der Waals surface area contributed by atoms with Gasteiger partial charge in [-0.15, -0.1) is 0 Å². The van der Waals surface area contributed by atoms with Crippen molar-refractivity contribution in [2.45, 2.75) is 44.2 Å². The predicted molar refractivity (Wildman–Crippen MR) is 75.9 cm³/mol. The van der Waals surface area contributed by atoms with E-state index in [0.29, 0.717) is 17.9 Å². The van der Waals surface area contributed by atoms with Crippen molar-refractivity contribution in [2.75, 3.05) is 18.0 Å². The van der Waals surface area contributed by atoms with Crippen LogP contribution in [0.4, 0.5) is 5.82 Å². The summed E-state index contributed by atoms with van der Waals surface area (Å²) in [5, 5.41) is 3.78. The maximum Gasteiger partial charge on any atom is 0.271 e. The minimum atomic E-state index is -0.254. The van der Waals surface area contributed by atoms with Crippen molar-refractivity contribution in [3.8, 4) is 0 Å². The van der Waals surface area contributed by atoms with Gasteiger partial charge in [-0.2, -0.15) is 0 Å². The Morgan fingerprint density at radius 2 is 2.21 bits per heavy atom. The first-order chi connectivity index (χ1) is 9.27. The molecule has 0 bridgehead atoms. The second kappa shape index (κ2) is 5.51. The summed E-state index contributed by atoms with van der Waals surface area (Å²) in [6.45, 7) is 2.02. The molecule has 0 spiro atoms. The van der Waals surface area contributed by atoms with Crippen LogP contribution in [0, 0.1) is 0 Å². The topological polar surface area (TPSA) is 61.0 Å². The number of anilines is 1. The largest absolute Gasteiger partial charge is 0.351 e. The van der Waals surface area contributed by atoms with E-state index >= 15 is 0 Å². The minimum absolute atomic E-state index is 0.215. The van der Waals surface area contributed by atoms with Gasteiger partial charge in [0.25, 0.3) is 5.56 Å². The molecule has 19 heavy (non-hydrogen) atoms. The minimum Gasteiger partial charge on any atom is -0.351 e. The molecule has 1 aromatic heterocycles. The third-order valence-electron chi connectivity index (χ3n) is 4.16. The van der Waals surface area contributed by atoms with Crippen LogP contribution in [0.1, 0.15) is 32.1 Å². The van der Waals surface area contributed by atoms with Gasteiger partial charge in [-0.05, 0) is 38.6 Å². The van der Waals surface area contributed by atoms with Crippen LogP contribution in [0.2, 0.25) is 5.02 Å². The Morgan fingerprint density at radius 3 is 3.00 bits per heavy atom. The summed E-state index contributed by atoms with van der Waals surface area (Å²) in [6, 6.07) is 0.903. The molecule has 2 saturated heterocycles. The zero-order valence-corrected chi connectivity index (χ0v) is 11.6. The highest BCUT2D eigenvalue weighted by atomic mass is 35.5. The Balaban J connectivity index is 1.91. The standard InChI is InChI=1S/C13H19ClN4O/c14-11-12(16-8-17-13(11)19)18-7-2-1-5-10(18)9-4-3-6-15-9/h8-10,15H,1-7H2,(H,16,17,19). The van der Waals surface area contributed by atoms with Gasteiger partial charge in [-0.3, -0.25) is 4.79 Å². The van der Waals surface area contributed by atoms with Gasteiger partial charge in [0.15, 0.2) is 5.82 Å². The average molecular weight is 283 g/mol. The SMILES string of the molecule is O=c1[nH]cnc(N2CCCCC2C2CCCN2)c1Cl. The summed E-state index contributed by atoms with van der Waals surface area (Å²) in [7, 11) is 0. The molecule has 0 aliphatic carbocycles. The highest BCUT2D eigenvalue weighted by Crippen LogP contribution is 2.30. The van der Waals surface area contributed by atoms with Gasteiger partial charge >= 0.3 is 0 Å². The molecule has 0 aromatic carbocycles. The summed E-state index contributed by atoms with van der Waals surface area (Å²) in [5.41, 5.74) is -0.254. The third-order valence-corrected chi connectivity index (χ3v) is 4.50. The number of nitrogens with zero attached hydrogens (tertiary/aromatic N) is 2. The molecule has 0 saturated carbocycles. The Morgan fingerprint density at radius 1 is 1.32 bits per heavy atom. The summed E-state index contributed by atoms with van der Waals surface area (Å²) >= 11 is 6.13. The van der Waals surface area contributed by atoms with Crippen LogP contribution < -0.4 is 15.8 Å². The first-order valence-electron chi connectivity index (χ1n) is 7.00. The quantitative estimate of drug-likeness (QED) is 0.864. The first kappa shape index (κ1) is 12.9. The van der Waals surface area contributed by atoms with E-state index in [9.17, 15) is 4.79 Å². The lowest BCUT2D eigenvalue weighted by molar-refractivity contribution is 0.376. The van der Waals surface area contributed by atoms with Crippen LogP contribution in [0.3, 0.4) is 0 Å². The van der Waals surface area contributed by atoms with Gasteiger partial charge < -0.3 is 15.2 Å². The Kier molecular flexibility index (Phi) is 3.75. The first-order valence-corrected chi connectivity index (χ1v) is 7.38. The molecule has 2 N–H and O–H groups in total. The van der Waals surface area contributed by atoms with E-state index in [1.807, 2.05) is 0 Å². The van der Waals surface area contributed by atoms with E-state index in [1.165, 1.54) is 25.6 Å². The molecule has 2 atom stereocenters. The molecule has 2 aliphatic heterocycles. The molecule has 0 amide bonds. The van der Waals surface area contributed by atoms with Gasteiger partial charge in [0.2, 0.25) is 0 Å². The monoisotopic (exact) mass is 282 g/mol. The molecular formula is C13H19ClN4O. The van der Waals surface area contributed by atoms with E-state index in [0.717, 1.165) is 25.9 Å².